The van der Waals surface area contributed by atoms with Gasteiger partial charge in [0.05, 0.1) is 0 Å². The molecule has 0 rings (SSSR count). The van der Waals surface area contributed by atoms with Crippen LogP contribution in [-0.4, -0.2) is 16.3 Å². The minimum atomic E-state index is -0.981. The van der Waals surface area contributed by atoms with Crippen LogP contribution in [0.2, 0.25) is 0 Å². The van der Waals surface area contributed by atoms with Gasteiger partial charge < -0.3 is 10.3 Å². The van der Waals surface area contributed by atoms with Gasteiger partial charge in [-0.3, -0.25) is 0 Å². The van der Waals surface area contributed by atoms with Crippen molar-refractivity contribution in [2.45, 2.75) is 0 Å². The van der Waals surface area contributed by atoms with Gasteiger partial charge in [0.15, 0.2) is 5.34 Å². The molecule has 0 fully saturated rings. The first-order valence-corrected chi connectivity index (χ1v) is 1.51. The summed E-state index contributed by atoms with van der Waals surface area (Å²) in [4.78, 5) is 17.4. The second-order valence-corrected chi connectivity index (χ2v) is 0.624. The van der Waals surface area contributed by atoms with Crippen molar-refractivity contribution in [1.29, 1.82) is 0 Å². The van der Waals surface area contributed by atoms with Crippen LogP contribution in [0.4, 0.5) is 0 Å². The Bertz CT molecular complexity index is 89.3. The van der Waals surface area contributed by atoms with E-state index in [4.69, 9.17) is 15.2 Å². The van der Waals surface area contributed by atoms with E-state index in [0.29, 0.717) is 0 Å². The summed E-state index contributed by atoms with van der Waals surface area (Å²) in [6.45, 7) is 2.96. The molecule has 0 saturated heterocycles. The maximum Gasteiger partial charge on any atom is 0.327 e. The molecule has 0 amide bonds. The zero-order valence-corrected chi connectivity index (χ0v) is 3.94. The Kier molecular flexibility index (Phi) is 11.2. The Hall–Kier alpha value is -1.39. The number of carboxylic acid groups (broad SMARTS) is 1. The largest absolute Gasteiger partial charge is 0.478 e. The summed E-state index contributed by atoms with van der Waals surface area (Å²) >= 11 is 0. The monoisotopic (exact) mass is 119 g/mol. The molecule has 0 aliphatic heterocycles. The zero-order valence-electron chi connectivity index (χ0n) is 3.94. The molecule has 8 heavy (non-hydrogen) atoms. The zero-order chi connectivity index (χ0) is 6.99. The third kappa shape index (κ3) is 161. The van der Waals surface area contributed by atoms with Crippen LogP contribution in [0.15, 0.2) is 18.0 Å². The van der Waals surface area contributed by atoms with Gasteiger partial charge in [0, 0.05) is 6.08 Å². The Morgan fingerprint density at radius 2 is 1.88 bits per heavy atom. The van der Waals surface area contributed by atoms with E-state index in [9.17, 15) is 4.79 Å². The maximum atomic E-state index is 9.25. The Balaban J connectivity index is 0. The van der Waals surface area contributed by atoms with E-state index in [0.717, 1.165) is 6.08 Å². The molecule has 0 atom stereocenters. The van der Waals surface area contributed by atoms with Crippen LogP contribution in [0, 0.1) is 4.91 Å². The molecule has 0 heterocycles. The molecule has 0 aliphatic carbocycles. The highest BCUT2D eigenvalue weighted by atomic mass is 16.6. The Morgan fingerprint density at radius 3 is 1.88 bits per heavy atom. The van der Waals surface area contributed by atoms with Crippen LogP contribution in [-0.2, 0) is 4.79 Å². The molecule has 46 valence electrons. The SMILES string of the molecule is C=CC(=O)O.O=NO. The van der Waals surface area contributed by atoms with E-state index in [2.05, 4.69) is 6.58 Å². The van der Waals surface area contributed by atoms with Gasteiger partial charge in [-0.2, -0.15) is 0 Å². The number of nitrogens with zero attached hydrogens (tertiary/aromatic N) is 1. The number of rotatable bonds is 1. The van der Waals surface area contributed by atoms with Gasteiger partial charge in [0.2, 0.25) is 0 Å². The third-order valence-corrected chi connectivity index (χ3v) is 0.175. The number of carboxylic acids is 1. The van der Waals surface area contributed by atoms with Gasteiger partial charge in [0.25, 0.3) is 0 Å². The molecule has 0 aromatic rings. The number of carbonyl (C=O) groups is 1. The van der Waals surface area contributed by atoms with E-state index >= 15 is 0 Å². The first-order valence-electron chi connectivity index (χ1n) is 1.51. The van der Waals surface area contributed by atoms with Crippen molar-refractivity contribution in [1.82, 2.24) is 0 Å². The molecule has 0 aromatic heterocycles. The topological polar surface area (TPSA) is 87.0 Å². The molecule has 2 N–H and O–H groups in total. The van der Waals surface area contributed by atoms with Crippen molar-refractivity contribution in [3.63, 3.8) is 0 Å². The average Bonchev–Trinajstić information content (AvgIpc) is 1.69. The van der Waals surface area contributed by atoms with Crippen LogP contribution in [0.1, 0.15) is 0 Å². The fourth-order valence-electron chi connectivity index (χ4n) is 0. The molecule has 0 bridgehead atoms. The minimum Gasteiger partial charge on any atom is -0.478 e. The highest BCUT2D eigenvalue weighted by Crippen LogP contribution is 1.54. The summed E-state index contributed by atoms with van der Waals surface area (Å²) in [6, 6.07) is 0. The van der Waals surface area contributed by atoms with Crippen LogP contribution in [0.3, 0.4) is 0 Å². The molecule has 0 saturated carbocycles. The second kappa shape index (κ2) is 9.15. The van der Waals surface area contributed by atoms with E-state index in [1.54, 1.807) is 0 Å². The molecule has 0 unspecified atom stereocenters. The predicted molar refractivity (Wildman–Crippen MR) is 25.4 cm³/mol. The van der Waals surface area contributed by atoms with Crippen molar-refractivity contribution in [3.05, 3.63) is 17.6 Å². The van der Waals surface area contributed by atoms with Crippen molar-refractivity contribution >= 4 is 5.97 Å². The molecule has 0 aliphatic rings. The quantitative estimate of drug-likeness (QED) is 0.297. The van der Waals surface area contributed by atoms with Crippen LogP contribution >= 0.6 is 0 Å². The summed E-state index contributed by atoms with van der Waals surface area (Å²) in [5.41, 5.74) is 0. The minimum absolute atomic E-state index is 0.833. The molecule has 0 spiro atoms. The lowest BCUT2D eigenvalue weighted by atomic mass is 10.7. The van der Waals surface area contributed by atoms with Gasteiger partial charge in [-0.1, -0.05) is 6.58 Å². The van der Waals surface area contributed by atoms with Crippen LogP contribution in [0.5, 0.6) is 0 Å². The Morgan fingerprint density at radius 1 is 1.75 bits per heavy atom. The summed E-state index contributed by atoms with van der Waals surface area (Å²) < 4.78 is 0. The number of hydrogen-bond acceptors (Lipinski definition) is 3. The van der Waals surface area contributed by atoms with E-state index in [1.165, 1.54) is 5.34 Å². The van der Waals surface area contributed by atoms with Crippen molar-refractivity contribution < 1.29 is 15.1 Å². The molecule has 0 radical (unpaired) electrons. The van der Waals surface area contributed by atoms with Gasteiger partial charge in [0.1, 0.15) is 0 Å². The van der Waals surface area contributed by atoms with E-state index < -0.39 is 5.97 Å². The molecular weight excluding hydrogens is 114 g/mol. The molecule has 5 heteroatoms. The molecule has 5 nitrogen and oxygen atoms in total. The van der Waals surface area contributed by atoms with Gasteiger partial charge in [-0.05, 0) is 0 Å². The fraction of sp³-hybridized carbons (Fsp3) is 0. The third-order valence-electron chi connectivity index (χ3n) is 0.175. The fourth-order valence-corrected chi connectivity index (χ4v) is 0. The summed E-state index contributed by atoms with van der Waals surface area (Å²) in [7, 11) is 0. The summed E-state index contributed by atoms with van der Waals surface area (Å²) in [5, 5.41) is 15.5. The van der Waals surface area contributed by atoms with Gasteiger partial charge in [-0.25, -0.2) is 4.79 Å². The number of aliphatic carboxylic acids is 1. The normalized spacial score (nSPS) is 5.50. The van der Waals surface area contributed by atoms with Crippen LogP contribution < -0.4 is 0 Å². The summed E-state index contributed by atoms with van der Waals surface area (Å²) in [5.74, 6) is -0.981. The number of hydrogen-bond donors (Lipinski definition) is 2. The molecular formula is C3H5NO4. The smallest absolute Gasteiger partial charge is 0.327 e. The lowest BCUT2D eigenvalue weighted by molar-refractivity contribution is -0.131. The standard InChI is InChI=1S/C3H4O2.HNO2/c1-2-3(4)5;2-1-3/h2H,1H2,(H,4,5);(H,2,3). The van der Waals surface area contributed by atoms with Gasteiger partial charge >= 0.3 is 5.97 Å². The van der Waals surface area contributed by atoms with E-state index in [-0.39, 0.29) is 0 Å². The molecule has 0 aromatic carbocycles. The van der Waals surface area contributed by atoms with Crippen molar-refractivity contribution in [2.75, 3.05) is 0 Å². The van der Waals surface area contributed by atoms with E-state index in [1.807, 2.05) is 0 Å². The average molecular weight is 119 g/mol. The lowest BCUT2D eigenvalue weighted by Crippen LogP contribution is -1.82. The van der Waals surface area contributed by atoms with Crippen molar-refractivity contribution in [2.24, 2.45) is 5.34 Å². The highest BCUT2D eigenvalue weighted by molar-refractivity contribution is 5.78. The van der Waals surface area contributed by atoms with Crippen LogP contribution in [0.25, 0.3) is 0 Å². The first-order chi connectivity index (χ1) is 3.68. The van der Waals surface area contributed by atoms with Crippen molar-refractivity contribution in [3.8, 4) is 0 Å². The second-order valence-electron chi connectivity index (χ2n) is 0.624. The first kappa shape index (κ1) is 9.79. The van der Waals surface area contributed by atoms with Gasteiger partial charge in [-0.15, -0.1) is 4.91 Å². The maximum absolute atomic E-state index is 9.25. The summed E-state index contributed by atoms with van der Waals surface area (Å²) in [6.07, 6.45) is 0.833. The lowest BCUT2D eigenvalue weighted by Gasteiger charge is -1.64. The predicted octanol–water partition coefficient (Wildman–Crippen LogP) is 0.399. The highest BCUT2D eigenvalue weighted by Gasteiger charge is 1.73. The Labute approximate surface area is 45.2 Å².